The summed E-state index contributed by atoms with van der Waals surface area (Å²) in [6.07, 6.45) is 5.82. The number of carbonyl (C=O) groups excluding carboxylic acids is 2. The highest BCUT2D eigenvalue weighted by molar-refractivity contribution is 5.91. The Morgan fingerprint density at radius 1 is 1.23 bits per heavy atom. The number of likely N-dealkylation sites (tertiary alicyclic amines) is 1. The van der Waals surface area contributed by atoms with E-state index in [0.717, 1.165) is 5.56 Å². The lowest BCUT2D eigenvalue weighted by Gasteiger charge is -2.30. The Labute approximate surface area is 131 Å². The van der Waals surface area contributed by atoms with Crippen molar-refractivity contribution < 1.29 is 14.3 Å². The fourth-order valence-electron chi connectivity index (χ4n) is 2.36. The summed E-state index contributed by atoms with van der Waals surface area (Å²) >= 11 is 0. The van der Waals surface area contributed by atoms with Crippen LogP contribution in [0.15, 0.2) is 43.0 Å². The molecule has 1 amide bonds. The largest absolute Gasteiger partial charge is 0.459 e. The number of ether oxygens (including phenoxy) is 1. The van der Waals surface area contributed by atoms with E-state index in [4.69, 9.17) is 4.74 Å². The average molecular weight is 299 g/mol. The monoisotopic (exact) mass is 299 g/mol. The molecule has 0 spiro atoms. The molecule has 0 radical (unpaired) electrons. The summed E-state index contributed by atoms with van der Waals surface area (Å²) in [5, 5.41) is 0. The molecule has 4 nitrogen and oxygen atoms in total. The predicted octanol–water partition coefficient (Wildman–Crippen LogP) is 2.73. The lowest BCUT2D eigenvalue weighted by Crippen LogP contribution is -2.40. The average Bonchev–Trinajstić information content (AvgIpc) is 2.54. The number of amides is 1. The van der Waals surface area contributed by atoms with E-state index in [0.29, 0.717) is 25.9 Å². The van der Waals surface area contributed by atoms with Gasteiger partial charge in [0.1, 0.15) is 6.10 Å². The van der Waals surface area contributed by atoms with Gasteiger partial charge in [-0.1, -0.05) is 36.4 Å². The van der Waals surface area contributed by atoms with Crippen LogP contribution < -0.4 is 0 Å². The van der Waals surface area contributed by atoms with Crippen LogP contribution in [0.1, 0.15) is 24.0 Å². The van der Waals surface area contributed by atoms with E-state index in [9.17, 15) is 9.59 Å². The van der Waals surface area contributed by atoms with Crippen molar-refractivity contribution in [1.29, 1.82) is 0 Å². The van der Waals surface area contributed by atoms with Gasteiger partial charge in [0.15, 0.2) is 0 Å². The number of aryl methyl sites for hydroxylation is 1. The minimum atomic E-state index is -0.399. The molecular formula is C18H21NO3. The van der Waals surface area contributed by atoms with Crippen LogP contribution in [0.25, 0.3) is 6.08 Å². The van der Waals surface area contributed by atoms with E-state index >= 15 is 0 Å². The third-order valence-corrected chi connectivity index (χ3v) is 3.70. The lowest BCUT2D eigenvalue weighted by molar-refractivity contribution is -0.145. The molecule has 1 aliphatic rings. The number of carbonyl (C=O) groups is 2. The first-order valence-corrected chi connectivity index (χ1v) is 7.45. The summed E-state index contributed by atoms with van der Waals surface area (Å²) in [4.78, 5) is 25.1. The Morgan fingerprint density at radius 3 is 2.45 bits per heavy atom. The van der Waals surface area contributed by atoms with Crippen molar-refractivity contribution in [2.75, 3.05) is 13.1 Å². The summed E-state index contributed by atoms with van der Waals surface area (Å²) in [5.74, 6) is -0.405. The normalized spacial score (nSPS) is 15.8. The Balaban J connectivity index is 1.83. The van der Waals surface area contributed by atoms with Crippen LogP contribution in [0.5, 0.6) is 0 Å². The van der Waals surface area contributed by atoms with Crippen LogP contribution in [0.2, 0.25) is 0 Å². The van der Waals surface area contributed by atoms with E-state index in [2.05, 4.69) is 6.58 Å². The van der Waals surface area contributed by atoms with Crippen molar-refractivity contribution in [3.8, 4) is 0 Å². The minimum Gasteiger partial charge on any atom is -0.459 e. The molecule has 0 saturated carbocycles. The van der Waals surface area contributed by atoms with Crippen molar-refractivity contribution in [3.63, 3.8) is 0 Å². The molecule has 4 heteroatoms. The molecule has 1 heterocycles. The second-order valence-corrected chi connectivity index (χ2v) is 5.41. The second-order valence-electron chi connectivity index (χ2n) is 5.41. The van der Waals surface area contributed by atoms with Gasteiger partial charge in [-0.3, -0.25) is 4.79 Å². The SMILES string of the molecule is C=CC(=O)OC1CCN(C(=O)/C=C/c2ccc(C)cc2)CC1. The second kappa shape index (κ2) is 7.59. The quantitative estimate of drug-likeness (QED) is 0.634. The number of piperidine rings is 1. The smallest absolute Gasteiger partial charge is 0.330 e. The Morgan fingerprint density at radius 2 is 1.86 bits per heavy atom. The zero-order valence-electron chi connectivity index (χ0n) is 12.8. The molecule has 0 N–H and O–H groups in total. The van der Waals surface area contributed by atoms with Gasteiger partial charge in [0, 0.05) is 38.1 Å². The third kappa shape index (κ3) is 4.58. The third-order valence-electron chi connectivity index (χ3n) is 3.70. The molecule has 0 aliphatic carbocycles. The van der Waals surface area contributed by atoms with Crippen LogP contribution in [0.4, 0.5) is 0 Å². The van der Waals surface area contributed by atoms with Gasteiger partial charge in [-0.05, 0) is 18.6 Å². The molecule has 2 rings (SSSR count). The zero-order chi connectivity index (χ0) is 15.9. The first kappa shape index (κ1) is 16.0. The van der Waals surface area contributed by atoms with Gasteiger partial charge >= 0.3 is 5.97 Å². The van der Waals surface area contributed by atoms with Crippen molar-refractivity contribution in [2.24, 2.45) is 0 Å². The summed E-state index contributed by atoms with van der Waals surface area (Å²) in [7, 11) is 0. The lowest BCUT2D eigenvalue weighted by atomic mass is 10.1. The summed E-state index contributed by atoms with van der Waals surface area (Å²) in [6, 6.07) is 8.01. The molecule has 1 aliphatic heterocycles. The number of esters is 1. The van der Waals surface area contributed by atoms with Gasteiger partial charge in [-0.2, -0.15) is 0 Å². The van der Waals surface area contributed by atoms with Crippen LogP contribution in [0.3, 0.4) is 0 Å². The van der Waals surface area contributed by atoms with Gasteiger partial charge in [0.2, 0.25) is 5.91 Å². The topological polar surface area (TPSA) is 46.6 Å². The first-order chi connectivity index (χ1) is 10.6. The maximum Gasteiger partial charge on any atom is 0.330 e. The molecule has 1 aromatic rings. The van der Waals surface area contributed by atoms with Crippen molar-refractivity contribution >= 4 is 18.0 Å². The van der Waals surface area contributed by atoms with Gasteiger partial charge in [-0.25, -0.2) is 4.79 Å². The van der Waals surface area contributed by atoms with Gasteiger partial charge in [0.05, 0.1) is 0 Å². The molecule has 22 heavy (non-hydrogen) atoms. The molecule has 0 aromatic heterocycles. The number of benzene rings is 1. The first-order valence-electron chi connectivity index (χ1n) is 7.45. The Kier molecular flexibility index (Phi) is 5.53. The van der Waals surface area contributed by atoms with E-state index in [1.54, 1.807) is 11.0 Å². The van der Waals surface area contributed by atoms with Crippen LogP contribution in [-0.4, -0.2) is 36.0 Å². The van der Waals surface area contributed by atoms with Gasteiger partial charge < -0.3 is 9.64 Å². The van der Waals surface area contributed by atoms with Crippen LogP contribution in [-0.2, 0) is 14.3 Å². The van der Waals surface area contributed by atoms with Gasteiger partial charge in [0.25, 0.3) is 0 Å². The molecule has 116 valence electrons. The number of nitrogens with zero attached hydrogens (tertiary/aromatic N) is 1. The van der Waals surface area contributed by atoms with Crippen LogP contribution in [0, 0.1) is 6.92 Å². The maximum atomic E-state index is 12.1. The summed E-state index contributed by atoms with van der Waals surface area (Å²) < 4.78 is 5.20. The van der Waals surface area contributed by atoms with E-state index in [-0.39, 0.29) is 12.0 Å². The van der Waals surface area contributed by atoms with E-state index in [1.807, 2.05) is 37.3 Å². The fraction of sp³-hybridized carbons (Fsp3) is 0.333. The number of hydrogen-bond donors (Lipinski definition) is 0. The molecule has 1 saturated heterocycles. The molecule has 0 unspecified atom stereocenters. The predicted molar refractivity (Wildman–Crippen MR) is 86.1 cm³/mol. The summed E-state index contributed by atoms with van der Waals surface area (Å²) in [5.41, 5.74) is 2.20. The zero-order valence-corrected chi connectivity index (χ0v) is 12.8. The highest BCUT2D eigenvalue weighted by Crippen LogP contribution is 2.15. The maximum absolute atomic E-state index is 12.1. The van der Waals surface area contributed by atoms with E-state index < -0.39 is 5.97 Å². The molecule has 0 atom stereocenters. The highest BCUT2D eigenvalue weighted by atomic mass is 16.5. The highest BCUT2D eigenvalue weighted by Gasteiger charge is 2.23. The Hall–Kier alpha value is -2.36. The minimum absolute atomic E-state index is 0.00549. The summed E-state index contributed by atoms with van der Waals surface area (Å²) in [6.45, 7) is 6.62. The standard InChI is InChI=1S/C18H21NO3/c1-3-18(21)22-16-10-12-19(13-11-16)17(20)9-8-15-6-4-14(2)5-7-15/h3-9,16H,1,10-13H2,2H3/b9-8+. The molecule has 1 aromatic carbocycles. The number of hydrogen-bond acceptors (Lipinski definition) is 3. The van der Waals surface area contributed by atoms with Crippen LogP contribution >= 0.6 is 0 Å². The van der Waals surface area contributed by atoms with Gasteiger partial charge in [-0.15, -0.1) is 0 Å². The van der Waals surface area contributed by atoms with E-state index in [1.165, 1.54) is 11.6 Å². The van der Waals surface area contributed by atoms with Crippen molar-refractivity contribution in [1.82, 2.24) is 4.90 Å². The molecule has 1 fully saturated rings. The molecule has 0 bridgehead atoms. The number of rotatable bonds is 4. The Bertz CT molecular complexity index is 566. The fourth-order valence-corrected chi connectivity index (χ4v) is 2.36. The van der Waals surface area contributed by atoms with Crippen molar-refractivity contribution in [2.45, 2.75) is 25.9 Å². The van der Waals surface area contributed by atoms with Crippen molar-refractivity contribution in [3.05, 3.63) is 54.1 Å². The molecular weight excluding hydrogens is 278 g/mol.